The van der Waals surface area contributed by atoms with Crippen molar-refractivity contribution in [3.8, 4) is 0 Å². The Hall–Kier alpha value is -0.360. The van der Waals surface area contributed by atoms with Gasteiger partial charge in [0.1, 0.15) is 0 Å². The van der Waals surface area contributed by atoms with E-state index in [1.807, 2.05) is 12.4 Å². The van der Waals surface area contributed by atoms with Gasteiger partial charge in [0.25, 0.3) is 0 Å². The van der Waals surface area contributed by atoms with Crippen LogP contribution in [-0.4, -0.2) is 28.9 Å². The molecule has 0 radical (unpaired) electrons. The number of hydrogen-bond donors (Lipinski definition) is 1. The minimum absolute atomic E-state index is 0. The molecule has 1 saturated carbocycles. The average molecular weight is 312 g/mol. The third-order valence-corrected chi connectivity index (χ3v) is 3.72. The molecule has 2 unspecified atom stereocenters. The van der Waals surface area contributed by atoms with Crippen molar-refractivity contribution in [2.24, 2.45) is 11.7 Å². The van der Waals surface area contributed by atoms with Gasteiger partial charge in [-0.15, -0.1) is 36.2 Å². The normalized spacial score (nSPS) is 21.9. The summed E-state index contributed by atoms with van der Waals surface area (Å²) >= 11 is 1.56. The van der Waals surface area contributed by atoms with E-state index >= 15 is 0 Å². The summed E-state index contributed by atoms with van der Waals surface area (Å²) in [7, 11) is 1.84. The molecule has 0 bridgehead atoms. The van der Waals surface area contributed by atoms with Crippen molar-refractivity contribution in [3.05, 3.63) is 16.6 Å². The predicted octanol–water partition coefficient (Wildman–Crippen LogP) is 2.07. The van der Waals surface area contributed by atoms with Gasteiger partial charge < -0.3 is 10.6 Å². The molecule has 0 spiro atoms. The molecule has 2 N–H and O–H groups in total. The van der Waals surface area contributed by atoms with Crippen LogP contribution in [0.25, 0.3) is 0 Å². The molecule has 4 nitrogen and oxygen atoms in total. The Balaban J connectivity index is 0.00000144. The lowest BCUT2D eigenvalue weighted by Crippen LogP contribution is -2.32. The molecule has 0 saturated heterocycles. The molecule has 2 rings (SSSR count). The summed E-state index contributed by atoms with van der Waals surface area (Å²) in [6.45, 7) is 0.605. The van der Waals surface area contributed by atoms with Crippen molar-refractivity contribution in [2.45, 2.75) is 31.8 Å². The second kappa shape index (κ2) is 7.94. The lowest BCUT2D eigenvalue weighted by Gasteiger charge is -2.20. The Kier molecular flexibility index (Phi) is 7.78. The number of carbonyl (C=O) groups excluding carboxylic acids is 1. The summed E-state index contributed by atoms with van der Waals surface area (Å²) in [5.74, 6) is 0.333. The smallest absolute Gasteiger partial charge is 0.225 e. The SMILES string of the molecule is CN(Cc1cscn1)C(=O)C1CCC(N)C1.Cl.Cl. The van der Waals surface area contributed by atoms with Gasteiger partial charge >= 0.3 is 0 Å². The minimum Gasteiger partial charge on any atom is -0.340 e. The highest BCUT2D eigenvalue weighted by Crippen LogP contribution is 2.26. The standard InChI is InChI=1S/C11H17N3OS.2ClH/c1-14(5-10-6-16-7-13-10)11(15)8-2-3-9(12)4-8;;/h6-9H,2-5,12H2,1H3;2*1H. The number of carbonyl (C=O) groups is 1. The van der Waals surface area contributed by atoms with E-state index in [2.05, 4.69) is 4.98 Å². The highest BCUT2D eigenvalue weighted by molar-refractivity contribution is 7.07. The molecule has 1 aliphatic carbocycles. The van der Waals surface area contributed by atoms with Gasteiger partial charge in [-0.05, 0) is 19.3 Å². The minimum atomic E-state index is 0. The largest absolute Gasteiger partial charge is 0.340 e. The molecule has 1 fully saturated rings. The molecule has 1 aromatic rings. The van der Waals surface area contributed by atoms with Crippen LogP contribution in [0.2, 0.25) is 0 Å². The maximum atomic E-state index is 12.1. The molecular weight excluding hydrogens is 293 g/mol. The van der Waals surface area contributed by atoms with Crippen LogP contribution in [0.4, 0.5) is 0 Å². The number of nitrogens with two attached hydrogens (primary N) is 1. The van der Waals surface area contributed by atoms with Gasteiger partial charge in [0.15, 0.2) is 0 Å². The van der Waals surface area contributed by atoms with E-state index in [-0.39, 0.29) is 42.7 Å². The molecule has 0 aromatic carbocycles. The van der Waals surface area contributed by atoms with Crippen molar-refractivity contribution >= 4 is 42.1 Å². The Labute approximate surface area is 124 Å². The van der Waals surface area contributed by atoms with Gasteiger partial charge in [-0.3, -0.25) is 4.79 Å². The lowest BCUT2D eigenvalue weighted by atomic mass is 10.1. The summed E-state index contributed by atoms with van der Waals surface area (Å²) in [4.78, 5) is 18.0. The Morgan fingerprint density at radius 3 is 2.78 bits per heavy atom. The van der Waals surface area contributed by atoms with E-state index in [1.165, 1.54) is 0 Å². The van der Waals surface area contributed by atoms with E-state index in [0.29, 0.717) is 6.54 Å². The maximum Gasteiger partial charge on any atom is 0.225 e. The Bertz CT molecular complexity index is 361. The summed E-state index contributed by atoms with van der Waals surface area (Å²) < 4.78 is 0. The molecule has 0 aliphatic heterocycles. The summed E-state index contributed by atoms with van der Waals surface area (Å²) in [5.41, 5.74) is 8.57. The van der Waals surface area contributed by atoms with E-state index in [9.17, 15) is 4.79 Å². The van der Waals surface area contributed by atoms with Crippen LogP contribution in [-0.2, 0) is 11.3 Å². The summed E-state index contributed by atoms with van der Waals surface area (Å²) in [5, 5.41) is 1.98. The third kappa shape index (κ3) is 4.39. The van der Waals surface area contributed by atoms with Crippen molar-refractivity contribution in [1.82, 2.24) is 9.88 Å². The zero-order valence-corrected chi connectivity index (χ0v) is 12.7. The lowest BCUT2D eigenvalue weighted by molar-refractivity contribution is -0.134. The molecular formula is C11H19Cl2N3OS. The molecule has 18 heavy (non-hydrogen) atoms. The summed E-state index contributed by atoms with van der Waals surface area (Å²) in [6, 6.07) is 0.210. The van der Waals surface area contributed by atoms with Gasteiger partial charge in [-0.2, -0.15) is 0 Å². The van der Waals surface area contributed by atoms with Gasteiger partial charge in [-0.1, -0.05) is 0 Å². The first-order chi connectivity index (χ1) is 7.66. The Morgan fingerprint density at radius 1 is 1.56 bits per heavy atom. The monoisotopic (exact) mass is 311 g/mol. The first-order valence-electron chi connectivity index (χ1n) is 5.54. The molecule has 2 atom stereocenters. The Morgan fingerprint density at radius 2 is 2.28 bits per heavy atom. The fourth-order valence-electron chi connectivity index (χ4n) is 2.19. The van der Waals surface area contributed by atoms with E-state index in [4.69, 9.17) is 5.73 Å². The summed E-state index contributed by atoms with van der Waals surface area (Å²) in [6.07, 6.45) is 2.74. The van der Waals surface area contributed by atoms with Crippen LogP contribution in [0.1, 0.15) is 25.0 Å². The number of rotatable bonds is 3. The van der Waals surface area contributed by atoms with Crippen molar-refractivity contribution in [3.63, 3.8) is 0 Å². The van der Waals surface area contributed by atoms with Gasteiger partial charge in [-0.25, -0.2) is 4.98 Å². The van der Waals surface area contributed by atoms with Crippen molar-refractivity contribution < 1.29 is 4.79 Å². The van der Waals surface area contributed by atoms with Gasteiger partial charge in [0.2, 0.25) is 5.91 Å². The fraction of sp³-hybridized carbons (Fsp3) is 0.636. The maximum absolute atomic E-state index is 12.1. The second-order valence-electron chi connectivity index (χ2n) is 4.44. The molecule has 7 heteroatoms. The second-order valence-corrected chi connectivity index (χ2v) is 5.16. The van der Waals surface area contributed by atoms with Gasteiger partial charge in [0, 0.05) is 24.4 Å². The molecule has 1 aliphatic rings. The van der Waals surface area contributed by atoms with E-state index < -0.39 is 0 Å². The zero-order valence-electron chi connectivity index (χ0n) is 10.2. The topological polar surface area (TPSA) is 59.2 Å². The molecule has 1 heterocycles. The van der Waals surface area contributed by atoms with Crippen LogP contribution in [0.15, 0.2) is 10.9 Å². The van der Waals surface area contributed by atoms with Crippen LogP contribution in [0, 0.1) is 5.92 Å². The fourth-order valence-corrected chi connectivity index (χ4v) is 2.74. The molecule has 104 valence electrons. The quantitative estimate of drug-likeness (QED) is 0.929. The van der Waals surface area contributed by atoms with Gasteiger partial charge in [0.05, 0.1) is 17.7 Å². The first kappa shape index (κ1) is 17.6. The van der Waals surface area contributed by atoms with E-state index in [0.717, 1.165) is 25.0 Å². The number of amides is 1. The molecule has 1 aromatic heterocycles. The van der Waals surface area contributed by atoms with Crippen molar-refractivity contribution in [2.75, 3.05) is 7.05 Å². The first-order valence-corrected chi connectivity index (χ1v) is 6.48. The number of aromatic nitrogens is 1. The number of hydrogen-bond acceptors (Lipinski definition) is 4. The van der Waals surface area contributed by atoms with Crippen LogP contribution in [0.5, 0.6) is 0 Å². The highest BCUT2D eigenvalue weighted by atomic mass is 35.5. The van der Waals surface area contributed by atoms with Crippen molar-refractivity contribution in [1.29, 1.82) is 0 Å². The number of thiazole rings is 1. The third-order valence-electron chi connectivity index (χ3n) is 3.08. The average Bonchev–Trinajstić information content (AvgIpc) is 2.88. The predicted molar refractivity (Wildman–Crippen MR) is 78.4 cm³/mol. The van der Waals surface area contributed by atoms with E-state index in [1.54, 1.807) is 21.7 Å². The number of nitrogens with zero attached hydrogens (tertiary/aromatic N) is 2. The number of halogens is 2. The van der Waals surface area contributed by atoms with Crippen LogP contribution >= 0.6 is 36.2 Å². The molecule has 1 amide bonds. The van der Waals surface area contributed by atoms with Crippen LogP contribution < -0.4 is 5.73 Å². The zero-order chi connectivity index (χ0) is 11.5. The van der Waals surface area contributed by atoms with Crippen LogP contribution in [0.3, 0.4) is 0 Å². The highest BCUT2D eigenvalue weighted by Gasteiger charge is 2.29.